The predicted octanol–water partition coefficient (Wildman–Crippen LogP) is 1.63. The van der Waals surface area contributed by atoms with Crippen molar-refractivity contribution in [2.45, 2.75) is 45.3 Å². The number of nitrogens with zero attached hydrogens (tertiary/aromatic N) is 4. The van der Waals surface area contributed by atoms with Gasteiger partial charge in [0.1, 0.15) is 0 Å². The van der Waals surface area contributed by atoms with Crippen LogP contribution in [-0.2, 0) is 4.74 Å². The van der Waals surface area contributed by atoms with Crippen molar-refractivity contribution < 1.29 is 9.26 Å². The summed E-state index contributed by atoms with van der Waals surface area (Å²) in [7, 11) is 0. The molecule has 0 amide bonds. The minimum absolute atomic E-state index is 0.208. The minimum atomic E-state index is 0.208. The molecule has 6 heteroatoms. The Labute approximate surface area is 126 Å². The van der Waals surface area contributed by atoms with Gasteiger partial charge in [-0.25, -0.2) is 0 Å². The zero-order valence-corrected chi connectivity index (χ0v) is 13.1. The highest BCUT2D eigenvalue weighted by molar-refractivity contribution is 4.92. The molecule has 0 unspecified atom stereocenters. The summed E-state index contributed by atoms with van der Waals surface area (Å²) in [4.78, 5) is 9.29. The first-order valence-corrected chi connectivity index (χ1v) is 8.10. The van der Waals surface area contributed by atoms with Gasteiger partial charge < -0.3 is 9.26 Å². The number of rotatable bonds is 4. The van der Waals surface area contributed by atoms with Crippen LogP contribution in [0.2, 0.25) is 0 Å². The van der Waals surface area contributed by atoms with Gasteiger partial charge in [0.05, 0.1) is 12.1 Å². The molecule has 2 aliphatic rings. The molecule has 2 aliphatic heterocycles. The molecule has 3 rings (SSSR count). The molecule has 2 fully saturated rings. The van der Waals surface area contributed by atoms with Crippen LogP contribution in [0.25, 0.3) is 0 Å². The van der Waals surface area contributed by atoms with E-state index in [9.17, 15) is 0 Å². The van der Waals surface area contributed by atoms with E-state index in [1.165, 1.54) is 19.3 Å². The molecule has 0 radical (unpaired) electrons. The first-order chi connectivity index (χ1) is 10.2. The monoisotopic (exact) mass is 294 g/mol. The molecule has 2 saturated heterocycles. The topological polar surface area (TPSA) is 54.6 Å². The second kappa shape index (κ2) is 6.85. The smallest absolute Gasteiger partial charge is 0.243 e. The van der Waals surface area contributed by atoms with Crippen molar-refractivity contribution in [1.29, 1.82) is 0 Å². The van der Waals surface area contributed by atoms with E-state index in [4.69, 9.17) is 9.26 Å². The van der Waals surface area contributed by atoms with Crippen LogP contribution in [0.5, 0.6) is 0 Å². The lowest BCUT2D eigenvalue weighted by molar-refractivity contribution is -0.0175. The highest BCUT2D eigenvalue weighted by Gasteiger charge is 2.27. The van der Waals surface area contributed by atoms with Crippen LogP contribution < -0.4 is 0 Å². The summed E-state index contributed by atoms with van der Waals surface area (Å²) in [6.07, 6.45) is 4.21. The van der Waals surface area contributed by atoms with E-state index >= 15 is 0 Å². The zero-order chi connectivity index (χ0) is 14.7. The van der Waals surface area contributed by atoms with Gasteiger partial charge in [0.2, 0.25) is 5.89 Å². The largest absolute Gasteiger partial charge is 0.377 e. The van der Waals surface area contributed by atoms with E-state index in [1.807, 2.05) is 6.92 Å². The van der Waals surface area contributed by atoms with Gasteiger partial charge in [-0.1, -0.05) is 5.16 Å². The highest BCUT2D eigenvalue weighted by atomic mass is 16.5. The molecule has 0 bridgehead atoms. The number of aryl methyl sites for hydroxylation is 1. The lowest BCUT2D eigenvalue weighted by Crippen LogP contribution is -2.49. The molecule has 1 aromatic rings. The molecule has 0 saturated carbocycles. The molecule has 3 heterocycles. The summed E-state index contributed by atoms with van der Waals surface area (Å²) >= 11 is 0. The van der Waals surface area contributed by atoms with E-state index in [2.05, 4.69) is 26.9 Å². The summed E-state index contributed by atoms with van der Waals surface area (Å²) in [5, 5.41) is 3.89. The van der Waals surface area contributed by atoms with Crippen molar-refractivity contribution in [3.05, 3.63) is 11.7 Å². The van der Waals surface area contributed by atoms with Gasteiger partial charge in [0, 0.05) is 39.3 Å². The van der Waals surface area contributed by atoms with Crippen molar-refractivity contribution in [2.75, 3.05) is 39.3 Å². The Hall–Kier alpha value is -0.980. The van der Waals surface area contributed by atoms with Gasteiger partial charge in [0.25, 0.3) is 0 Å². The number of hydrogen-bond donors (Lipinski definition) is 0. The molecular formula is C15H26N4O2. The maximum atomic E-state index is 5.84. The third kappa shape index (κ3) is 3.81. The van der Waals surface area contributed by atoms with Gasteiger partial charge in [-0.2, -0.15) is 4.98 Å². The van der Waals surface area contributed by atoms with E-state index in [0.717, 1.165) is 45.2 Å². The molecule has 118 valence electrons. The normalized spacial score (nSPS) is 26.9. The SMILES string of the molecule is Cc1noc([C@@H](C)N2CCN(C[C@H]3CCCCO3)CC2)n1. The first-order valence-electron chi connectivity index (χ1n) is 8.10. The second-order valence-corrected chi connectivity index (χ2v) is 6.18. The van der Waals surface area contributed by atoms with Gasteiger partial charge in [-0.05, 0) is 33.1 Å². The van der Waals surface area contributed by atoms with Crippen LogP contribution >= 0.6 is 0 Å². The van der Waals surface area contributed by atoms with Crippen LogP contribution in [-0.4, -0.2) is 65.4 Å². The third-order valence-electron chi connectivity index (χ3n) is 4.59. The zero-order valence-electron chi connectivity index (χ0n) is 13.1. The van der Waals surface area contributed by atoms with Gasteiger partial charge >= 0.3 is 0 Å². The molecule has 0 aliphatic carbocycles. The quantitative estimate of drug-likeness (QED) is 0.841. The van der Waals surface area contributed by atoms with Crippen LogP contribution in [0.15, 0.2) is 4.52 Å². The average molecular weight is 294 g/mol. The van der Waals surface area contributed by atoms with Crippen molar-refractivity contribution >= 4 is 0 Å². The predicted molar refractivity (Wildman–Crippen MR) is 79.1 cm³/mol. The minimum Gasteiger partial charge on any atom is -0.377 e. The van der Waals surface area contributed by atoms with Crippen LogP contribution in [0.1, 0.15) is 43.9 Å². The molecular weight excluding hydrogens is 268 g/mol. The standard InChI is InChI=1S/C15H26N4O2/c1-12(15-16-13(2)17-21-15)19-8-6-18(7-9-19)11-14-5-3-4-10-20-14/h12,14H,3-11H2,1-2H3/t12-,14-/m1/s1. The summed E-state index contributed by atoms with van der Waals surface area (Å²) in [6, 6.07) is 0.208. The Bertz CT molecular complexity index is 437. The van der Waals surface area contributed by atoms with E-state index in [0.29, 0.717) is 11.9 Å². The highest BCUT2D eigenvalue weighted by Crippen LogP contribution is 2.21. The summed E-state index contributed by atoms with van der Waals surface area (Å²) in [6.45, 7) is 10.3. The molecule has 21 heavy (non-hydrogen) atoms. The van der Waals surface area contributed by atoms with Gasteiger partial charge in [-0.15, -0.1) is 0 Å². The number of hydrogen-bond acceptors (Lipinski definition) is 6. The fraction of sp³-hybridized carbons (Fsp3) is 0.867. The van der Waals surface area contributed by atoms with E-state index in [1.54, 1.807) is 0 Å². The molecule has 6 nitrogen and oxygen atoms in total. The first kappa shape index (κ1) is 14.9. The van der Waals surface area contributed by atoms with Crippen molar-refractivity contribution in [3.8, 4) is 0 Å². The fourth-order valence-corrected chi connectivity index (χ4v) is 3.21. The average Bonchev–Trinajstić information content (AvgIpc) is 2.95. The Morgan fingerprint density at radius 1 is 1.24 bits per heavy atom. The third-order valence-corrected chi connectivity index (χ3v) is 4.59. The van der Waals surface area contributed by atoms with Crippen molar-refractivity contribution in [3.63, 3.8) is 0 Å². The molecule has 0 N–H and O–H groups in total. The Kier molecular flexibility index (Phi) is 4.87. The maximum absolute atomic E-state index is 5.84. The summed E-state index contributed by atoms with van der Waals surface area (Å²) in [5.74, 6) is 1.45. The molecule has 0 aromatic carbocycles. The molecule has 0 spiro atoms. The maximum Gasteiger partial charge on any atom is 0.243 e. The van der Waals surface area contributed by atoms with Gasteiger partial charge in [-0.3, -0.25) is 9.80 Å². The molecule has 1 aromatic heterocycles. The van der Waals surface area contributed by atoms with Crippen molar-refractivity contribution in [1.82, 2.24) is 19.9 Å². The van der Waals surface area contributed by atoms with Gasteiger partial charge in [0.15, 0.2) is 5.82 Å². The number of piperazine rings is 1. The number of ether oxygens (including phenoxy) is 1. The lowest BCUT2D eigenvalue weighted by atomic mass is 10.1. The van der Waals surface area contributed by atoms with E-state index in [-0.39, 0.29) is 6.04 Å². The lowest BCUT2D eigenvalue weighted by Gasteiger charge is -2.38. The summed E-state index contributed by atoms with van der Waals surface area (Å²) < 4.78 is 11.1. The fourth-order valence-electron chi connectivity index (χ4n) is 3.21. The van der Waals surface area contributed by atoms with Crippen LogP contribution in [0, 0.1) is 6.92 Å². The Morgan fingerprint density at radius 2 is 2.05 bits per heavy atom. The number of aromatic nitrogens is 2. The molecule has 2 atom stereocenters. The van der Waals surface area contributed by atoms with Crippen LogP contribution in [0.3, 0.4) is 0 Å². The Balaban J connectivity index is 1.46. The summed E-state index contributed by atoms with van der Waals surface area (Å²) in [5.41, 5.74) is 0. The second-order valence-electron chi connectivity index (χ2n) is 6.18. The van der Waals surface area contributed by atoms with Crippen molar-refractivity contribution in [2.24, 2.45) is 0 Å². The Morgan fingerprint density at radius 3 is 2.67 bits per heavy atom. The van der Waals surface area contributed by atoms with E-state index < -0.39 is 0 Å². The van der Waals surface area contributed by atoms with Crippen LogP contribution in [0.4, 0.5) is 0 Å².